The maximum atomic E-state index is 12.6. The summed E-state index contributed by atoms with van der Waals surface area (Å²) in [7, 11) is 1.58. The van der Waals surface area contributed by atoms with Gasteiger partial charge in [-0.3, -0.25) is 4.79 Å². The lowest BCUT2D eigenvalue weighted by molar-refractivity contribution is 0.102. The van der Waals surface area contributed by atoms with Gasteiger partial charge in [0.25, 0.3) is 5.91 Å². The third kappa shape index (κ3) is 3.72. The van der Waals surface area contributed by atoms with Crippen molar-refractivity contribution < 1.29 is 9.53 Å². The van der Waals surface area contributed by atoms with E-state index in [-0.39, 0.29) is 11.3 Å². The molecule has 3 aromatic rings. The minimum atomic E-state index is -0.214. The van der Waals surface area contributed by atoms with Crippen molar-refractivity contribution in [3.8, 4) is 17.1 Å². The molecular formula is C19H21N5O2. The van der Waals surface area contributed by atoms with Crippen LogP contribution in [0, 0.1) is 0 Å². The predicted molar refractivity (Wildman–Crippen MR) is 99.3 cm³/mol. The van der Waals surface area contributed by atoms with Gasteiger partial charge in [-0.2, -0.15) is 5.21 Å². The molecule has 0 saturated heterocycles. The van der Waals surface area contributed by atoms with Crippen molar-refractivity contribution in [3.05, 3.63) is 53.6 Å². The zero-order valence-electron chi connectivity index (χ0n) is 15.2. The molecule has 2 aromatic carbocycles. The average Bonchev–Trinajstić information content (AvgIpc) is 3.15. The van der Waals surface area contributed by atoms with Crippen molar-refractivity contribution in [1.29, 1.82) is 0 Å². The van der Waals surface area contributed by atoms with Crippen LogP contribution in [0.5, 0.6) is 5.75 Å². The summed E-state index contributed by atoms with van der Waals surface area (Å²) in [6.07, 6.45) is 0. The van der Waals surface area contributed by atoms with E-state index < -0.39 is 0 Å². The normalized spacial score (nSPS) is 11.2. The summed E-state index contributed by atoms with van der Waals surface area (Å²) in [4.78, 5) is 12.6. The smallest absolute Gasteiger partial charge is 0.255 e. The summed E-state index contributed by atoms with van der Waals surface area (Å²) in [5, 5.41) is 16.7. The van der Waals surface area contributed by atoms with Gasteiger partial charge in [-0.25, -0.2) is 0 Å². The van der Waals surface area contributed by atoms with E-state index in [1.807, 2.05) is 18.2 Å². The summed E-state index contributed by atoms with van der Waals surface area (Å²) >= 11 is 0. The molecule has 0 radical (unpaired) electrons. The summed E-state index contributed by atoms with van der Waals surface area (Å²) < 4.78 is 5.38. The van der Waals surface area contributed by atoms with Crippen LogP contribution in [0.4, 0.5) is 5.69 Å². The van der Waals surface area contributed by atoms with Gasteiger partial charge < -0.3 is 10.1 Å². The molecule has 1 amide bonds. The number of carbonyl (C=O) groups excluding carboxylic acids is 1. The molecule has 0 aliphatic rings. The lowest BCUT2D eigenvalue weighted by atomic mass is 9.87. The molecule has 0 aliphatic heterocycles. The van der Waals surface area contributed by atoms with E-state index in [1.165, 1.54) is 0 Å². The number of anilines is 1. The van der Waals surface area contributed by atoms with Gasteiger partial charge >= 0.3 is 0 Å². The van der Waals surface area contributed by atoms with E-state index in [0.717, 1.165) is 11.1 Å². The first-order valence-corrected chi connectivity index (χ1v) is 8.22. The maximum Gasteiger partial charge on any atom is 0.255 e. The van der Waals surface area contributed by atoms with Crippen LogP contribution < -0.4 is 10.1 Å². The van der Waals surface area contributed by atoms with Gasteiger partial charge in [0.15, 0.2) is 0 Å². The SMILES string of the molecule is COc1ccc(C(C)(C)C)cc1NC(=O)c1ccc(-c2nn[nH]n2)cc1. The molecule has 0 fully saturated rings. The number of tetrazole rings is 1. The quantitative estimate of drug-likeness (QED) is 0.751. The second-order valence-electron chi connectivity index (χ2n) is 6.93. The minimum Gasteiger partial charge on any atom is -0.495 e. The van der Waals surface area contributed by atoms with Crippen LogP contribution in [-0.4, -0.2) is 33.6 Å². The van der Waals surface area contributed by atoms with E-state index >= 15 is 0 Å². The molecule has 134 valence electrons. The Hall–Kier alpha value is -3.22. The highest BCUT2D eigenvalue weighted by molar-refractivity contribution is 6.05. The monoisotopic (exact) mass is 351 g/mol. The average molecular weight is 351 g/mol. The Morgan fingerprint density at radius 2 is 1.85 bits per heavy atom. The number of H-pyrrole nitrogens is 1. The lowest BCUT2D eigenvalue weighted by Gasteiger charge is -2.21. The largest absolute Gasteiger partial charge is 0.495 e. The molecular weight excluding hydrogens is 330 g/mol. The highest BCUT2D eigenvalue weighted by Crippen LogP contribution is 2.31. The van der Waals surface area contributed by atoms with Crippen molar-refractivity contribution >= 4 is 11.6 Å². The fourth-order valence-corrected chi connectivity index (χ4v) is 2.52. The second kappa shape index (κ2) is 6.95. The fourth-order valence-electron chi connectivity index (χ4n) is 2.52. The number of ether oxygens (including phenoxy) is 1. The first-order valence-electron chi connectivity index (χ1n) is 8.22. The summed E-state index contributed by atoms with van der Waals surface area (Å²) in [6.45, 7) is 6.37. The molecule has 7 nitrogen and oxygen atoms in total. The van der Waals surface area contributed by atoms with Crippen molar-refractivity contribution in [3.63, 3.8) is 0 Å². The van der Waals surface area contributed by atoms with Crippen molar-refractivity contribution in [2.75, 3.05) is 12.4 Å². The molecule has 0 aliphatic carbocycles. The second-order valence-corrected chi connectivity index (χ2v) is 6.93. The maximum absolute atomic E-state index is 12.6. The molecule has 0 bridgehead atoms. The van der Waals surface area contributed by atoms with E-state index in [9.17, 15) is 4.79 Å². The Kier molecular flexibility index (Phi) is 4.71. The first-order chi connectivity index (χ1) is 12.4. The summed E-state index contributed by atoms with van der Waals surface area (Å²) in [5.74, 6) is 0.889. The van der Waals surface area contributed by atoms with Crippen LogP contribution in [0.25, 0.3) is 11.4 Å². The number of aromatic nitrogens is 4. The summed E-state index contributed by atoms with van der Waals surface area (Å²) in [5.41, 5.74) is 3.04. The third-order valence-electron chi connectivity index (χ3n) is 4.06. The molecule has 1 heterocycles. The lowest BCUT2D eigenvalue weighted by Crippen LogP contribution is -2.15. The predicted octanol–water partition coefficient (Wildman–Crippen LogP) is 3.43. The molecule has 26 heavy (non-hydrogen) atoms. The number of nitrogens with zero attached hydrogens (tertiary/aromatic N) is 3. The molecule has 7 heteroatoms. The first kappa shape index (κ1) is 17.6. The van der Waals surface area contributed by atoms with Gasteiger partial charge in [0, 0.05) is 11.1 Å². The van der Waals surface area contributed by atoms with Gasteiger partial charge in [-0.15, -0.1) is 10.2 Å². The van der Waals surface area contributed by atoms with Crippen LogP contribution in [0.2, 0.25) is 0 Å². The Balaban J connectivity index is 1.83. The van der Waals surface area contributed by atoms with Crippen molar-refractivity contribution in [1.82, 2.24) is 20.6 Å². The third-order valence-corrected chi connectivity index (χ3v) is 4.06. The Morgan fingerprint density at radius 1 is 1.12 bits per heavy atom. The Labute approximate surface area is 151 Å². The van der Waals surface area contributed by atoms with Gasteiger partial charge in [0.05, 0.1) is 12.8 Å². The molecule has 0 spiro atoms. The van der Waals surface area contributed by atoms with E-state index in [0.29, 0.717) is 22.8 Å². The van der Waals surface area contributed by atoms with Crippen molar-refractivity contribution in [2.24, 2.45) is 0 Å². The topological polar surface area (TPSA) is 92.8 Å². The molecule has 0 atom stereocenters. The number of amides is 1. The number of benzene rings is 2. The molecule has 1 aromatic heterocycles. The number of aromatic amines is 1. The Bertz CT molecular complexity index is 897. The minimum absolute atomic E-state index is 0.0298. The molecule has 2 N–H and O–H groups in total. The number of hydrogen-bond acceptors (Lipinski definition) is 5. The molecule has 0 saturated carbocycles. The molecule has 0 unspecified atom stereocenters. The van der Waals surface area contributed by atoms with Crippen LogP contribution >= 0.6 is 0 Å². The Morgan fingerprint density at radius 3 is 2.42 bits per heavy atom. The van der Waals surface area contributed by atoms with E-state index in [4.69, 9.17) is 4.74 Å². The standard InChI is InChI=1S/C19H21N5O2/c1-19(2,3)14-9-10-16(26-4)15(11-14)20-18(25)13-7-5-12(6-8-13)17-21-23-24-22-17/h5-11H,1-4H3,(H,20,25)(H,21,22,23,24). The van der Waals surface area contributed by atoms with Crippen LogP contribution in [-0.2, 0) is 5.41 Å². The van der Waals surface area contributed by atoms with Crippen LogP contribution in [0.1, 0.15) is 36.7 Å². The zero-order chi connectivity index (χ0) is 18.7. The highest BCUT2D eigenvalue weighted by Gasteiger charge is 2.17. The van der Waals surface area contributed by atoms with Gasteiger partial charge in [-0.1, -0.05) is 39.0 Å². The zero-order valence-corrected chi connectivity index (χ0v) is 15.2. The number of methoxy groups -OCH3 is 1. The van der Waals surface area contributed by atoms with Crippen molar-refractivity contribution in [2.45, 2.75) is 26.2 Å². The highest BCUT2D eigenvalue weighted by atomic mass is 16.5. The van der Waals surface area contributed by atoms with Crippen LogP contribution in [0.15, 0.2) is 42.5 Å². The van der Waals surface area contributed by atoms with E-state index in [2.05, 4.69) is 46.7 Å². The van der Waals surface area contributed by atoms with Gasteiger partial charge in [0.1, 0.15) is 5.75 Å². The number of carbonyl (C=O) groups is 1. The number of hydrogen-bond donors (Lipinski definition) is 2. The fraction of sp³-hybridized carbons (Fsp3) is 0.263. The van der Waals surface area contributed by atoms with Gasteiger partial charge in [0.2, 0.25) is 5.82 Å². The van der Waals surface area contributed by atoms with Gasteiger partial charge in [-0.05, 0) is 40.5 Å². The van der Waals surface area contributed by atoms with E-state index in [1.54, 1.807) is 31.4 Å². The van der Waals surface area contributed by atoms with Crippen LogP contribution in [0.3, 0.4) is 0 Å². The summed E-state index contributed by atoms with van der Waals surface area (Å²) in [6, 6.07) is 12.8. The molecule has 3 rings (SSSR count). The number of rotatable bonds is 4. The number of nitrogens with one attached hydrogen (secondary N) is 2.